The summed E-state index contributed by atoms with van der Waals surface area (Å²) in [6.07, 6.45) is 2.17. The summed E-state index contributed by atoms with van der Waals surface area (Å²) < 4.78 is 5.11. The van der Waals surface area contributed by atoms with Crippen molar-refractivity contribution < 1.29 is 24.4 Å². The summed E-state index contributed by atoms with van der Waals surface area (Å²) in [5.41, 5.74) is 0.105. The number of allylic oxidation sites excluding steroid dienone is 1. The molecule has 32 heavy (non-hydrogen) atoms. The molecule has 1 aromatic carbocycles. The second kappa shape index (κ2) is 10.5. The number of nitro groups is 1. The molecule has 12 heteroatoms. The van der Waals surface area contributed by atoms with Crippen LogP contribution in [-0.2, 0) is 11.2 Å². The van der Waals surface area contributed by atoms with Crippen LogP contribution in [0.1, 0.15) is 32.9 Å². The van der Waals surface area contributed by atoms with Crippen molar-refractivity contribution in [3.8, 4) is 11.1 Å². The van der Waals surface area contributed by atoms with Gasteiger partial charge in [0, 0.05) is 17.8 Å². The Morgan fingerprint density at radius 1 is 1.25 bits per heavy atom. The topological polar surface area (TPSA) is 157 Å². The highest BCUT2D eigenvalue weighted by molar-refractivity contribution is 6.32. The van der Waals surface area contributed by atoms with Gasteiger partial charge in [0.15, 0.2) is 5.15 Å². The van der Waals surface area contributed by atoms with Crippen LogP contribution in [0.25, 0.3) is 11.1 Å². The average molecular weight is 464 g/mol. The molecule has 1 heterocycles. The first-order valence-electron chi connectivity index (χ1n) is 9.41. The largest absolute Gasteiger partial charge is 0.465 e. The van der Waals surface area contributed by atoms with Crippen molar-refractivity contribution >= 4 is 35.2 Å². The number of carboxylic acid groups (broad SMARTS) is 1. The summed E-state index contributed by atoms with van der Waals surface area (Å²) in [6.45, 7) is 5.27. The van der Waals surface area contributed by atoms with Crippen molar-refractivity contribution in [2.45, 2.75) is 39.2 Å². The zero-order valence-electron chi connectivity index (χ0n) is 17.6. The van der Waals surface area contributed by atoms with Gasteiger partial charge in [-0.05, 0) is 51.8 Å². The van der Waals surface area contributed by atoms with Gasteiger partial charge in [-0.15, -0.1) is 5.10 Å². The van der Waals surface area contributed by atoms with Crippen molar-refractivity contribution in [1.82, 2.24) is 15.5 Å². The van der Waals surface area contributed by atoms with Crippen LogP contribution in [0.3, 0.4) is 0 Å². The van der Waals surface area contributed by atoms with Crippen molar-refractivity contribution in [1.29, 1.82) is 0 Å². The van der Waals surface area contributed by atoms with Crippen LogP contribution in [-0.4, -0.2) is 38.0 Å². The molecule has 0 saturated carbocycles. The van der Waals surface area contributed by atoms with Gasteiger partial charge in [-0.25, -0.2) is 9.59 Å². The maximum absolute atomic E-state index is 11.6. The molecule has 2 aromatic rings. The molecule has 0 bridgehead atoms. The fourth-order valence-electron chi connectivity index (χ4n) is 2.59. The number of carbonyl (C=O) groups excluding carboxylic acids is 1. The smallest absolute Gasteiger partial charge is 0.411 e. The first-order chi connectivity index (χ1) is 15.0. The second-order valence-electron chi connectivity index (χ2n) is 7.55. The van der Waals surface area contributed by atoms with Gasteiger partial charge in [-0.2, -0.15) is 5.10 Å². The number of nitrogens with one attached hydrogen (secondary N) is 2. The van der Waals surface area contributed by atoms with E-state index < -0.39 is 22.7 Å². The summed E-state index contributed by atoms with van der Waals surface area (Å²) in [5, 5.41) is 32.7. The fraction of sp³-hybridized carbons (Fsp3) is 0.300. The molecule has 0 aliphatic heterocycles. The molecule has 0 saturated heterocycles. The number of hydrogen-bond donors (Lipinski definition) is 3. The highest BCUT2D eigenvalue weighted by atomic mass is 35.5. The SMILES string of the molecule is CC(C)(C)OC(=O)NC=CCCc1cc(-c2ccc(NC(=O)O)cc2[N+](=O)[O-])c(Cl)nn1. The number of aryl methyl sites for hydroxylation is 1. The van der Waals surface area contributed by atoms with E-state index in [4.69, 9.17) is 21.4 Å². The van der Waals surface area contributed by atoms with E-state index in [1.807, 2.05) is 0 Å². The molecule has 1 aromatic heterocycles. The number of aromatic nitrogens is 2. The average Bonchev–Trinajstić information content (AvgIpc) is 2.67. The number of carbonyl (C=O) groups is 2. The van der Waals surface area contributed by atoms with E-state index in [1.165, 1.54) is 18.3 Å². The molecular formula is C20H22ClN5O6. The summed E-state index contributed by atoms with van der Waals surface area (Å²) in [7, 11) is 0. The maximum Gasteiger partial charge on any atom is 0.411 e. The van der Waals surface area contributed by atoms with Gasteiger partial charge in [0.25, 0.3) is 5.69 Å². The number of ether oxygens (including phenoxy) is 1. The first-order valence-corrected chi connectivity index (χ1v) is 9.79. The van der Waals surface area contributed by atoms with Crippen LogP contribution in [0.2, 0.25) is 5.15 Å². The first kappa shape index (κ1) is 24.5. The van der Waals surface area contributed by atoms with Crippen LogP contribution >= 0.6 is 11.6 Å². The lowest BCUT2D eigenvalue weighted by molar-refractivity contribution is -0.384. The van der Waals surface area contributed by atoms with E-state index in [0.29, 0.717) is 24.1 Å². The van der Waals surface area contributed by atoms with E-state index in [0.717, 1.165) is 6.07 Å². The van der Waals surface area contributed by atoms with Gasteiger partial charge in [0.05, 0.1) is 21.9 Å². The molecule has 2 rings (SSSR count). The molecule has 0 atom stereocenters. The Morgan fingerprint density at radius 3 is 2.59 bits per heavy atom. The zero-order chi connectivity index (χ0) is 23.9. The van der Waals surface area contributed by atoms with Crippen LogP contribution in [0.5, 0.6) is 0 Å². The minimum absolute atomic E-state index is 0.0297. The molecule has 3 N–H and O–H groups in total. The second-order valence-corrected chi connectivity index (χ2v) is 7.90. The van der Waals surface area contributed by atoms with Crippen LogP contribution in [0.15, 0.2) is 36.5 Å². The van der Waals surface area contributed by atoms with Crippen molar-refractivity contribution in [3.63, 3.8) is 0 Å². The summed E-state index contributed by atoms with van der Waals surface area (Å²) in [6, 6.07) is 5.46. The number of amides is 2. The van der Waals surface area contributed by atoms with E-state index in [1.54, 1.807) is 32.9 Å². The lowest BCUT2D eigenvalue weighted by Crippen LogP contribution is -2.29. The van der Waals surface area contributed by atoms with Crippen LogP contribution in [0.4, 0.5) is 21.0 Å². The van der Waals surface area contributed by atoms with Gasteiger partial charge in [-0.1, -0.05) is 17.7 Å². The van der Waals surface area contributed by atoms with Gasteiger partial charge in [0.2, 0.25) is 0 Å². The van der Waals surface area contributed by atoms with Crippen molar-refractivity contribution in [2.24, 2.45) is 0 Å². The number of alkyl carbamates (subject to hydrolysis) is 1. The quantitative estimate of drug-likeness (QED) is 0.391. The molecule has 11 nitrogen and oxygen atoms in total. The minimum Gasteiger partial charge on any atom is -0.465 e. The number of hydrogen-bond acceptors (Lipinski definition) is 7. The third-order valence-electron chi connectivity index (χ3n) is 3.82. The molecule has 0 unspecified atom stereocenters. The highest BCUT2D eigenvalue weighted by Gasteiger charge is 2.20. The van der Waals surface area contributed by atoms with Gasteiger partial charge >= 0.3 is 12.2 Å². The van der Waals surface area contributed by atoms with E-state index in [-0.39, 0.29) is 22.1 Å². The molecule has 0 fully saturated rings. The normalized spacial score (nSPS) is 11.2. The lowest BCUT2D eigenvalue weighted by Gasteiger charge is -2.18. The van der Waals surface area contributed by atoms with Crippen molar-refractivity contribution in [3.05, 3.63) is 57.5 Å². The van der Waals surface area contributed by atoms with Crippen molar-refractivity contribution in [2.75, 3.05) is 5.32 Å². The number of anilines is 1. The Morgan fingerprint density at radius 2 is 1.97 bits per heavy atom. The Bertz CT molecular complexity index is 1050. The molecule has 2 amide bonds. The molecule has 170 valence electrons. The summed E-state index contributed by atoms with van der Waals surface area (Å²) in [5.74, 6) is 0. The zero-order valence-corrected chi connectivity index (χ0v) is 18.3. The monoisotopic (exact) mass is 463 g/mol. The van der Waals surface area contributed by atoms with E-state index in [9.17, 15) is 19.7 Å². The number of nitrogens with zero attached hydrogens (tertiary/aromatic N) is 3. The highest BCUT2D eigenvalue weighted by Crippen LogP contribution is 2.35. The Kier molecular flexibility index (Phi) is 8.08. The third kappa shape index (κ3) is 7.51. The number of benzene rings is 1. The van der Waals surface area contributed by atoms with Gasteiger partial charge in [-0.3, -0.25) is 20.7 Å². The van der Waals surface area contributed by atoms with Gasteiger partial charge in [0.1, 0.15) is 5.60 Å². The standard InChI is InChI=1S/C20H22ClN5O6/c1-20(2,3)32-19(29)22-9-5-4-6-13-10-15(17(21)25-24-13)14-8-7-12(23-18(27)28)11-16(14)26(30)31/h5,7-11,23H,4,6H2,1-3H3,(H,22,29)(H,27,28). The third-order valence-corrected chi connectivity index (χ3v) is 4.10. The molecular weight excluding hydrogens is 442 g/mol. The van der Waals surface area contributed by atoms with E-state index in [2.05, 4.69) is 20.8 Å². The Balaban J connectivity index is 2.14. The number of halogens is 1. The molecule has 0 spiro atoms. The van der Waals surface area contributed by atoms with Crippen LogP contribution in [0, 0.1) is 10.1 Å². The number of nitro benzene ring substituents is 1. The summed E-state index contributed by atoms with van der Waals surface area (Å²) >= 11 is 6.12. The summed E-state index contributed by atoms with van der Waals surface area (Å²) in [4.78, 5) is 33.3. The van der Waals surface area contributed by atoms with E-state index >= 15 is 0 Å². The lowest BCUT2D eigenvalue weighted by atomic mass is 10.0. The number of rotatable bonds is 7. The molecule has 0 aliphatic carbocycles. The predicted molar refractivity (Wildman–Crippen MR) is 118 cm³/mol. The Labute approximate surface area is 188 Å². The van der Waals surface area contributed by atoms with Gasteiger partial charge < -0.3 is 9.84 Å². The Hall–Kier alpha value is -3.73. The molecule has 0 radical (unpaired) electrons. The molecule has 0 aliphatic rings. The minimum atomic E-state index is -1.34. The maximum atomic E-state index is 11.6. The predicted octanol–water partition coefficient (Wildman–Crippen LogP) is 4.77. The van der Waals surface area contributed by atoms with Crippen LogP contribution < -0.4 is 10.6 Å². The fourth-order valence-corrected chi connectivity index (χ4v) is 2.78.